The number of hydrogen-bond donors (Lipinski definition) is 2. The Hall–Kier alpha value is -5.37. The predicted molar refractivity (Wildman–Crippen MR) is 140 cm³/mol. The van der Waals surface area contributed by atoms with E-state index in [9.17, 15) is 14.4 Å². The number of carbonyl (C=O) groups excluding carboxylic acids is 2. The molecule has 1 heterocycles. The second-order valence-corrected chi connectivity index (χ2v) is 8.17. The van der Waals surface area contributed by atoms with Gasteiger partial charge in [-0.15, -0.1) is 0 Å². The fourth-order valence-corrected chi connectivity index (χ4v) is 3.74. The zero-order chi connectivity index (χ0) is 25.9. The Bertz CT molecular complexity index is 1710. The number of nitrogens with two attached hydrogens (primary N) is 2. The molecule has 0 spiro atoms. The first-order valence-corrected chi connectivity index (χ1v) is 11.2. The van der Waals surface area contributed by atoms with Gasteiger partial charge in [-0.25, -0.2) is 9.59 Å². The lowest BCUT2D eigenvalue weighted by Gasteiger charge is -2.12. The number of hydrogen-bond acceptors (Lipinski definition) is 8. The Labute approximate surface area is 210 Å². The number of esters is 2. The Balaban J connectivity index is 1.61. The maximum atomic E-state index is 13.1. The van der Waals surface area contributed by atoms with Gasteiger partial charge in [-0.2, -0.15) is 0 Å². The normalized spacial score (nSPS) is 10.7. The van der Waals surface area contributed by atoms with Gasteiger partial charge in [0.05, 0.1) is 16.5 Å². The van der Waals surface area contributed by atoms with Crippen molar-refractivity contribution in [1.82, 2.24) is 0 Å². The fraction of sp³-hybridized carbons (Fsp3) is 0. The molecule has 182 valence electrons. The van der Waals surface area contributed by atoms with E-state index in [2.05, 4.69) is 0 Å². The van der Waals surface area contributed by atoms with Gasteiger partial charge in [0, 0.05) is 29.1 Å². The third-order valence-corrected chi connectivity index (χ3v) is 5.48. The molecule has 0 amide bonds. The van der Waals surface area contributed by atoms with E-state index in [0.717, 1.165) is 0 Å². The molecule has 8 heteroatoms. The summed E-state index contributed by atoms with van der Waals surface area (Å²) in [5.41, 5.74) is 13.0. The molecule has 0 fully saturated rings. The lowest BCUT2D eigenvalue weighted by atomic mass is 10.1. The summed E-state index contributed by atoms with van der Waals surface area (Å²) in [4.78, 5) is 38.7. The molecule has 8 nitrogen and oxygen atoms in total. The van der Waals surface area contributed by atoms with Crippen LogP contribution in [0.5, 0.6) is 11.5 Å². The quantitative estimate of drug-likeness (QED) is 0.197. The molecule has 1 aromatic heterocycles. The zero-order valence-corrected chi connectivity index (χ0v) is 19.3. The van der Waals surface area contributed by atoms with Crippen molar-refractivity contribution in [1.29, 1.82) is 0 Å². The molecule has 4 N–H and O–H groups in total. The summed E-state index contributed by atoms with van der Waals surface area (Å²) in [5.74, 6) is -1.28. The number of benzene rings is 4. The van der Waals surface area contributed by atoms with Crippen LogP contribution in [0.25, 0.3) is 22.3 Å². The molecule has 37 heavy (non-hydrogen) atoms. The van der Waals surface area contributed by atoms with Crippen molar-refractivity contribution in [2.75, 3.05) is 11.5 Å². The molecule has 0 aliphatic carbocycles. The van der Waals surface area contributed by atoms with E-state index in [-0.39, 0.29) is 39.4 Å². The maximum Gasteiger partial charge on any atom is 0.343 e. The van der Waals surface area contributed by atoms with E-state index in [1.165, 1.54) is 36.4 Å². The minimum absolute atomic E-state index is 0.0185. The van der Waals surface area contributed by atoms with Crippen LogP contribution in [0.2, 0.25) is 0 Å². The molecular weight excluding hydrogens is 472 g/mol. The molecule has 4 aromatic carbocycles. The van der Waals surface area contributed by atoms with Crippen LogP contribution in [0.4, 0.5) is 11.4 Å². The SMILES string of the molecule is Nc1cccc(C(=O)Oc2cc(OC(=O)c3cccc(N)c3)c3oc(-c4ccccc4)cc(=O)c3c2)c1. The highest BCUT2D eigenvalue weighted by molar-refractivity contribution is 5.96. The predicted octanol–water partition coefficient (Wildman–Crippen LogP) is 5.06. The van der Waals surface area contributed by atoms with Crippen molar-refractivity contribution >= 4 is 34.3 Å². The average molecular weight is 492 g/mol. The molecule has 5 rings (SSSR count). The molecule has 0 aliphatic rings. The molecule has 0 bridgehead atoms. The second kappa shape index (κ2) is 9.71. The van der Waals surface area contributed by atoms with Gasteiger partial charge in [-0.05, 0) is 42.5 Å². The van der Waals surface area contributed by atoms with E-state index in [1.807, 2.05) is 6.07 Å². The van der Waals surface area contributed by atoms with Gasteiger partial charge >= 0.3 is 11.9 Å². The van der Waals surface area contributed by atoms with Crippen LogP contribution in [-0.4, -0.2) is 11.9 Å². The third kappa shape index (κ3) is 5.03. The van der Waals surface area contributed by atoms with E-state index < -0.39 is 17.4 Å². The van der Waals surface area contributed by atoms with Gasteiger partial charge in [0.2, 0.25) is 0 Å². The largest absolute Gasteiger partial charge is 0.452 e. The van der Waals surface area contributed by atoms with Crippen LogP contribution in [0.1, 0.15) is 20.7 Å². The smallest absolute Gasteiger partial charge is 0.343 e. The van der Waals surface area contributed by atoms with Crippen LogP contribution in [0.3, 0.4) is 0 Å². The summed E-state index contributed by atoms with van der Waals surface area (Å²) in [5, 5.41) is 0.0629. The zero-order valence-electron chi connectivity index (χ0n) is 19.3. The van der Waals surface area contributed by atoms with E-state index in [4.69, 9.17) is 25.4 Å². The van der Waals surface area contributed by atoms with Gasteiger partial charge < -0.3 is 25.4 Å². The Morgan fingerprint density at radius 2 is 1.30 bits per heavy atom. The van der Waals surface area contributed by atoms with Crippen molar-refractivity contribution in [3.8, 4) is 22.8 Å². The van der Waals surface area contributed by atoms with E-state index in [0.29, 0.717) is 16.9 Å². The first kappa shape index (κ1) is 23.4. The van der Waals surface area contributed by atoms with Gasteiger partial charge in [-0.1, -0.05) is 42.5 Å². The van der Waals surface area contributed by atoms with Crippen LogP contribution in [0, 0.1) is 0 Å². The Morgan fingerprint density at radius 1 is 0.676 bits per heavy atom. The average Bonchev–Trinajstić information content (AvgIpc) is 2.89. The fourth-order valence-electron chi connectivity index (χ4n) is 3.74. The van der Waals surface area contributed by atoms with Gasteiger partial charge in [0.1, 0.15) is 11.5 Å². The van der Waals surface area contributed by atoms with E-state index >= 15 is 0 Å². The van der Waals surface area contributed by atoms with Crippen molar-refractivity contribution in [3.05, 3.63) is 118 Å². The highest BCUT2D eigenvalue weighted by atomic mass is 16.5. The number of carbonyl (C=O) groups is 2. The molecular formula is C29H20N2O6. The first-order valence-electron chi connectivity index (χ1n) is 11.2. The topological polar surface area (TPSA) is 135 Å². The molecule has 0 radical (unpaired) electrons. The van der Waals surface area contributed by atoms with E-state index in [1.54, 1.807) is 54.6 Å². The summed E-state index contributed by atoms with van der Waals surface area (Å²) in [6.07, 6.45) is 0. The summed E-state index contributed by atoms with van der Waals surface area (Å²) in [7, 11) is 0. The van der Waals surface area contributed by atoms with Gasteiger partial charge in [0.25, 0.3) is 0 Å². The number of ether oxygens (including phenoxy) is 2. The number of nitrogen functional groups attached to an aromatic ring is 2. The van der Waals surface area contributed by atoms with Crippen LogP contribution in [-0.2, 0) is 0 Å². The lowest BCUT2D eigenvalue weighted by Crippen LogP contribution is -2.12. The van der Waals surface area contributed by atoms with Crippen molar-refractivity contribution < 1.29 is 23.5 Å². The highest BCUT2D eigenvalue weighted by Gasteiger charge is 2.19. The lowest BCUT2D eigenvalue weighted by molar-refractivity contribution is 0.0733. The summed E-state index contributed by atoms with van der Waals surface area (Å²) in [6, 6.07) is 25.5. The summed E-state index contributed by atoms with van der Waals surface area (Å²) in [6.45, 7) is 0. The molecule has 0 saturated heterocycles. The number of fused-ring (bicyclic) bond motifs is 1. The van der Waals surface area contributed by atoms with Crippen LogP contribution >= 0.6 is 0 Å². The monoisotopic (exact) mass is 492 g/mol. The second-order valence-electron chi connectivity index (χ2n) is 8.17. The van der Waals surface area contributed by atoms with Crippen molar-refractivity contribution in [2.45, 2.75) is 0 Å². The molecule has 0 saturated carbocycles. The van der Waals surface area contributed by atoms with Gasteiger partial charge in [0.15, 0.2) is 16.8 Å². The molecule has 0 atom stereocenters. The number of anilines is 2. The molecule has 0 unspecified atom stereocenters. The summed E-state index contributed by atoms with van der Waals surface area (Å²) < 4.78 is 17.1. The Kier molecular flexibility index (Phi) is 6.13. The summed E-state index contributed by atoms with van der Waals surface area (Å²) >= 11 is 0. The van der Waals surface area contributed by atoms with Crippen LogP contribution < -0.4 is 26.4 Å². The maximum absolute atomic E-state index is 13.1. The van der Waals surface area contributed by atoms with Crippen molar-refractivity contribution in [2.24, 2.45) is 0 Å². The first-order chi connectivity index (χ1) is 17.9. The third-order valence-electron chi connectivity index (χ3n) is 5.48. The van der Waals surface area contributed by atoms with Gasteiger partial charge in [-0.3, -0.25) is 4.79 Å². The standard InChI is InChI=1S/C29H20N2O6/c30-20-10-4-8-18(12-20)28(33)35-22-14-23-24(32)16-25(17-6-2-1-3-7-17)36-27(23)26(15-22)37-29(34)19-9-5-11-21(31)13-19/h1-16H,30-31H2. The van der Waals surface area contributed by atoms with Crippen molar-refractivity contribution in [3.63, 3.8) is 0 Å². The minimum Gasteiger partial charge on any atom is -0.452 e. The molecule has 0 aliphatic heterocycles. The Morgan fingerprint density at radius 3 is 1.92 bits per heavy atom. The van der Waals surface area contributed by atoms with Crippen LogP contribution in [0.15, 0.2) is 106 Å². The molecule has 5 aromatic rings. The highest BCUT2D eigenvalue weighted by Crippen LogP contribution is 2.33. The number of rotatable bonds is 5. The minimum atomic E-state index is -0.735.